The number of hydrogen-bond donors (Lipinski definition) is 1. The molecule has 2 aromatic rings. The number of para-hydroxylation sites is 1. The van der Waals surface area contributed by atoms with Crippen molar-refractivity contribution in [3.63, 3.8) is 0 Å². The first-order valence-corrected chi connectivity index (χ1v) is 9.02. The Morgan fingerprint density at radius 1 is 1.12 bits per heavy atom. The number of anilines is 1. The van der Waals surface area contributed by atoms with Gasteiger partial charge in [0.05, 0.1) is 20.3 Å². The second-order valence-corrected chi connectivity index (χ2v) is 7.25. The maximum absolute atomic E-state index is 6.51. The molecule has 0 unspecified atom stereocenters. The molecule has 5 heteroatoms. The lowest BCUT2D eigenvalue weighted by molar-refractivity contribution is 0.341. The lowest BCUT2D eigenvalue weighted by Crippen LogP contribution is -2.29. The highest BCUT2D eigenvalue weighted by Gasteiger charge is 2.40. The van der Waals surface area contributed by atoms with E-state index in [4.69, 9.17) is 32.7 Å². The molecule has 130 valence electrons. The van der Waals surface area contributed by atoms with Crippen LogP contribution >= 0.6 is 23.2 Å². The van der Waals surface area contributed by atoms with Gasteiger partial charge < -0.3 is 14.8 Å². The Labute approximate surface area is 157 Å². The Kier molecular flexibility index (Phi) is 4.30. The summed E-state index contributed by atoms with van der Waals surface area (Å²) in [5.74, 6) is 2.14. The van der Waals surface area contributed by atoms with Crippen LogP contribution in [0.4, 0.5) is 5.69 Å². The highest BCUT2D eigenvalue weighted by atomic mass is 35.5. The fourth-order valence-electron chi connectivity index (χ4n) is 4.11. The topological polar surface area (TPSA) is 30.5 Å². The van der Waals surface area contributed by atoms with Gasteiger partial charge in [-0.05, 0) is 30.5 Å². The molecule has 1 aliphatic carbocycles. The lowest BCUT2D eigenvalue weighted by atomic mass is 9.76. The van der Waals surface area contributed by atoms with Gasteiger partial charge in [0.2, 0.25) is 0 Å². The summed E-state index contributed by atoms with van der Waals surface area (Å²) in [6, 6.07) is 9.86. The summed E-state index contributed by atoms with van der Waals surface area (Å²) in [4.78, 5) is 0. The number of fused-ring (bicyclic) bond motifs is 3. The zero-order valence-electron chi connectivity index (χ0n) is 14.1. The third kappa shape index (κ3) is 2.66. The van der Waals surface area contributed by atoms with E-state index in [1.165, 1.54) is 0 Å². The molecular formula is C20H19Cl2NO2. The minimum absolute atomic E-state index is 0.0899. The largest absolute Gasteiger partial charge is 0.493 e. The predicted molar refractivity (Wildman–Crippen MR) is 102 cm³/mol. The fourth-order valence-corrected chi connectivity index (χ4v) is 4.73. The van der Waals surface area contributed by atoms with Crippen LogP contribution in [0.15, 0.2) is 42.5 Å². The van der Waals surface area contributed by atoms with Gasteiger partial charge in [-0.15, -0.1) is 0 Å². The maximum Gasteiger partial charge on any atom is 0.165 e. The Morgan fingerprint density at radius 2 is 1.96 bits per heavy atom. The number of methoxy groups -OCH3 is 2. The molecule has 0 aromatic heterocycles. The number of benzene rings is 2. The Hall–Kier alpha value is -1.84. The van der Waals surface area contributed by atoms with Crippen LogP contribution in [0, 0.1) is 5.92 Å². The third-order valence-corrected chi connectivity index (χ3v) is 5.68. The van der Waals surface area contributed by atoms with E-state index in [9.17, 15) is 0 Å². The Balaban J connectivity index is 1.85. The second-order valence-electron chi connectivity index (χ2n) is 6.41. The monoisotopic (exact) mass is 375 g/mol. The van der Waals surface area contributed by atoms with Crippen molar-refractivity contribution in [2.75, 3.05) is 19.5 Å². The van der Waals surface area contributed by atoms with Crippen LogP contribution in [0.3, 0.4) is 0 Å². The van der Waals surface area contributed by atoms with Gasteiger partial charge in [0, 0.05) is 32.8 Å². The summed E-state index contributed by atoms with van der Waals surface area (Å²) < 4.78 is 11.1. The van der Waals surface area contributed by atoms with Gasteiger partial charge in [0.25, 0.3) is 0 Å². The minimum atomic E-state index is 0.0899. The van der Waals surface area contributed by atoms with Crippen molar-refractivity contribution in [2.24, 2.45) is 5.92 Å². The highest BCUT2D eigenvalue weighted by molar-refractivity contribution is 6.35. The molecule has 0 saturated carbocycles. The highest BCUT2D eigenvalue weighted by Crippen LogP contribution is 2.54. The minimum Gasteiger partial charge on any atom is -0.493 e. The van der Waals surface area contributed by atoms with Crippen LogP contribution in [0.2, 0.25) is 10.0 Å². The molecule has 1 aliphatic heterocycles. The van der Waals surface area contributed by atoms with Crippen LogP contribution in [0.1, 0.15) is 29.5 Å². The van der Waals surface area contributed by atoms with E-state index in [0.29, 0.717) is 16.0 Å². The number of halogens is 2. The molecule has 0 radical (unpaired) electrons. The van der Waals surface area contributed by atoms with Gasteiger partial charge in [-0.1, -0.05) is 47.5 Å². The fraction of sp³-hybridized carbons (Fsp3) is 0.300. The quantitative estimate of drug-likeness (QED) is 0.683. The van der Waals surface area contributed by atoms with E-state index < -0.39 is 0 Å². The zero-order chi connectivity index (χ0) is 17.6. The van der Waals surface area contributed by atoms with Crippen LogP contribution in [-0.4, -0.2) is 14.2 Å². The smallest absolute Gasteiger partial charge is 0.165 e. The molecular weight excluding hydrogens is 357 g/mol. The molecule has 2 aromatic carbocycles. The molecule has 2 aliphatic rings. The molecule has 25 heavy (non-hydrogen) atoms. The van der Waals surface area contributed by atoms with Crippen molar-refractivity contribution in [2.45, 2.75) is 18.4 Å². The standard InChI is InChI=1S/C20H19Cl2NO2/c1-24-17-8-4-7-14(20(17)25-2)19-13-6-3-5-12(13)18-15(22)9-11(21)10-16(18)23-19/h3-5,7-10,12-13,19,23H,6H2,1-2H3/t12-,13+,19+/m0/s1. The number of ether oxygens (including phenoxy) is 2. The van der Waals surface area contributed by atoms with Gasteiger partial charge in [-0.2, -0.15) is 0 Å². The van der Waals surface area contributed by atoms with Crippen molar-refractivity contribution in [3.05, 3.63) is 63.7 Å². The molecule has 1 N–H and O–H groups in total. The van der Waals surface area contributed by atoms with Crippen LogP contribution in [0.25, 0.3) is 0 Å². The van der Waals surface area contributed by atoms with Crippen LogP contribution < -0.4 is 14.8 Å². The molecule has 1 heterocycles. The summed E-state index contributed by atoms with van der Waals surface area (Å²) in [5, 5.41) is 5.00. The SMILES string of the molecule is COc1cccc([C@@H]2Nc3cc(Cl)cc(Cl)c3[C@H]3C=CC[C@H]32)c1OC. The first-order valence-electron chi connectivity index (χ1n) is 8.27. The average molecular weight is 376 g/mol. The van der Waals surface area contributed by atoms with Crippen LogP contribution in [0.5, 0.6) is 11.5 Å². The summed E-state index contributed by atoms with van der Waals surface area (Å²) in [6.07, 6.45) is 5.47. The van der Waals surface area contributed by atoms with E-state index in [1.54, 1.807) is 14.2 Å². The normalized spacial score (nSPS) is 23.6. The number of nitrogens with one attached hydrogen (secondary N) is 1. The van der Waals surface area contributed by atoms with Crippen LogP contribution in [-0.2, 0) is 0 Å². The van der Waals surface area contributed by atoms with Crippen molar-refractivity contribution < 1.29 is 9.47 Å². The van der Waals surface area contributed by atoms with E-state index in [1.807, 2.05) is 24.3 Å². The first kappa shape index (κ1) is 16.6. The average Bonchev–Trinajstić information content (AvgIpc) is 3.09. The second kappa shape index (κ2) is 6.47. The molecule has 0 bridgehead atoms. The molecule has 0 fully saturated rings. The van der Waals surface area contributed by atoms with Gasteiger partial charge in [-0.25, -0.2) is 0 Å². The van der Waals surface area contributed by atoms with Crippen molar-refractivity contribution in [3.8, 4) is 11.5 Å². The third-order valence-electron chi connectivity index (χ3n) is 5.15. The number of allylic oxidation sites excluding steroid dienone is 2. The first-order chi connectivity index (χ1) is 12.1. The van der Waals surface area contributed by atoms with Gasteiger partial charge in [0.1, 0.15) is 0 Å². The lowest BCUT2D eigenvalue weighted by Gasteiger charge is -2.38. The summed E-state index contributed by atoms with van der Waals surface area (Å²) in [7, 11) is 3.33. The molecule has 3 nitrogen and oxygen atoms in total. The van der Waals surface area contributed by atoms with E-state index in [2.05, 4.69) is 23.5 Å². The van der Waals surface area contributed by atoms with Crippen molar-refractivity contribution >= 4 is 28.9 Å². The van der Waals surface area contributed by atoms with E-state index >= 15 is 0 Å². The summed E-state index contributed by atoms with van der Waals surface area (Å²) >= 11 is 12.7. The number of rotatable bonds is 3. The molecule has 0 amide bonds. The van der Waals surface area contributed by atoms with Crippen molar-refractivity contribution in [1.82, 2.24) is 0 Å². The van der Waals surface area contributed by atoms with E-state index in [0.717, 1.165) is 34.7 Å². The van der Waals surface area contributed by atoms with Gasteiger partial charge in [-0.3, -0.25) is 0 Å². The summed E-state index contributed by atoms with van der Waals surface area (Å²) in [5.41, 5.74) is 3.20. The number of hydrogen-bond acceptors (Lipinski definition) is 3. The predicted octanol–water partition coefficient (Wildman–Crippen LogP) is 5.84. The molecule has 4 rings (SSSR count). The van der Waals surface area contributed by atoms with Gasteiger partial charge >= 0.3 is 0 Å². The zero-order valence-corrected chi connectivity index (χ0v) is 15.6. The Bertz CT molecular complexity index is 850. The molecule has 3 atom stereocenters. The Morgan fingerprint density at radius 3 is 2.72 bits per heavy atom. The molecule has 0 spiro atoms. The van der Waals surface area contributed by atoms with E-state index in [-0.39, 0.29) is 12.0 Å². The van der Waals surface area contributed by atoms with Crippen molar-refractivity contribution in [1.29, 1.82) is 0 Å². The molecule has 0 saturated heterocycles. The van der Waals surface area contributed by atoms with Gasteiger partial charge in [0.15, 0.2) is 11.5 Å². The summed E-state index contributed by atoms with van der Waals surface area (Å²) in [6.45, 7) is 0. The maximum atomic E-state index is 6.51.